The largest absolute Gasteiger partial charge is 0.352 e. The summed E-state index contributed by atoms with van der Waals surface area (Å²) in [7, 11) is 0. The molecule has 6 nitrogen and oxygen atoms in total. The summed E-state index contributed by atoms with van der Waals surface area (Å²) in [6.45, 7) is 2.82. The van der Waals surface area contributed by atoms with E-state index in [-0.39, 0.29) is 30.2 Å². The van der Waals surface area contributed by atoms with Crippen molar-refractivity contribution in [3.8, 4) is 0 Å². The zero-order chi connectivity index (χ0) is 23.9. The van der Waals surface area contributed by atoms with E-state index in [4.69, 9.17) is 0 Å². The molecule has 34 heavy (non-hydrogen) atoms. The fourth-order valence-electron chi connectivity index (χ4n) is 4.28. The number of hydrogen-bond acceptors (Lipinski definition) is 3. The van der Waals surface area contributed by atoms with Gasteiger partial charge in [-0.2, -0.15) is 0 Å². The van der Waals surface area contributed by atoms with Crippen LogP contribution >= 0.6 is 0 Å². The van der Waals surface area contributed by atoms with Crippen LogP contribution in [0.4, 0.5) is 5.69 Å². The minimum absolute atomic E-state index is 0.0385. The maximum atomic E-state index is 13.0. The van der Waals surface area contributed by atoms with Crippen molar-refractivity contribution in [2.24, 2.45) is 5.92 Å². The van der Waals surface area contributed by atoms with Crippen LogP contribution < -0.4 is 10.6 Å². The maximum Gasteiger partial charge on any atom is 0.253 e. The van der Waals surface area contributed by atoms with E-state index in [1.54, 1.807) is 29.2 Å². The first kappa shape index (κ1) is 23.2. The average molecular weight is 456 g/mol. The van der Waals surface area contributed by atoms with Gasteiger partial charge in [0.05, 0.1) is 23.2 Å². The molecule has 2 atom stereocenters. The van der Waals surface area contributed by atoms with Crippen LogP contribution in [0.5, 0.6) is 0 Å². The molecule has 174 valence electrons. The third-order valence-corrected chi connectivity index (χ3v) is 6.25. The minimum Gasteiger partial charge on any atom is -0.352 e. The van der Waals surface area contributed by atoms with Crippen molar-refractivity contribution in [1.82, 2.24) is 10.2 Å². The van der Waals surface area contributed by atoms with Gasteiger partial charge in [-0.05, 0) is 36.6 Å². The second-order valence-electron chi connectivity index (χ2n) is 8.56. The van der Waals surface area contributed by atoms with E-state index < -0.39 is 5.92 Å². The highest BCUT2D eigenvalue weighted by Gasteiger charge is 2.37. The van der Waals surface area contributed by atoms with Gasteiger partial charge in [0.1, 0.15) is 0 Å². The summed E-state index contributed by atoms with van der Waals surface area (Å²) in [4.78, 5) is 40.2. The Morgan fingerprint density at radius 2 is 1.59 bits per heavy atom. The average Bonchev–Trinajstić information content (AvgIpc) is 3.26. The summed E-state index contributed by atoms with van der Waals surface area (Å²) in [5.74, 6) is -0.995. The number of carbonyl (C=O) groups excluding carboxylic acids is 3. The Morgan fingerprint density at radius 1 is 0.941 bits per heavy atom. The Kier molecular flexibility index (Phi) is 7.38. The molecule has 1 aliphatic rings. The fourth-order valence-corrected chi connectivity index (χ4v) is 4.28. The molecule has 1 fully saturated rings. The van der Waals surface area contributed by atoms with E-state index in [0.717, 1.165) is 17.5 Å². The lowest BCUT2D eigenvalue weighted by Gasteiger charge is -2.25. The van der Waals surface area contributed by atoms with E-state index in [0.29, 0.717) is 24.3 Å². The summed E-state index contributed by atoms with van der Waals surface area (Å²) in [6, 6.07) is 26.6. The molecule has 0 aromatic heterocycles. The summed E-state index contributed by atoms with van der Waals surface area (Å²) >= 11 is 0. The molecule has 3 amide bonds. The first-order valence-corrected chi connectivity index (χ1v) is 11.6. The molecule has 4 rings (SSSR count). The van der Waals surface area contributed by atoms with Gasteiger partial charge >= 0.3 is 0 Å². The van der Waals surface area contributed by atoms with Crippen molar-refractivity contribution in [1.29, 1.82) is 0 Å². The van der Waals surface area contributed by atoms with Gasteiger partial charge in [0.15, 0.2) is 0 Å². The van der Waals surface area contributed by atoms with Crippen molar-refractivity contribution in [2.75, 3.05) is 18.4 Å². The third-order valence-electron chi connectivity index (χ3n) is 6.25. The molecule has 3 aromatic carbocycles. The van der Waals surface area contributed by atoms with E-state index in [1.165, 1.54) is 0 Å². The minimum atomic E-state index is -0.465. The van der Waals surface area contributed by atoms with Crippen molar-refractivity contribution in [3.63, 3.8) is 0 Å². The van der Waals surface area contributed by atoms with Gasteiger partial charge in [-0.1, -0.05) is 72.8 Å². The quantitative estimate of drug-likeness (QED) is 0.534. The van der Waals surface area contributed by atoms with Gasteiger partial charge in [0, 0.05) is 19.5 Å². The topological polar surface area (TPSA) is 78.5 Å². The molecule has 1 aliphatic heterocycles. The van der Waals surface area contributed by atoms with E-state index in [2.05, 4.69) is 10.6 Å². The van der Waals surface area contributed by atoms with Gasteiger partial charge in [-0.25, -0.2) is 0 Å². The number of benzene rings is 3. The highest BCUT2D eigenvalue weighted by molar-refractivity contribution is 6.05. The summed E-state index contributed by atoms with van der Waals surface area (Å²) in [5, 5.41) is 5.81. The SMILES string of the molecule is CC(c1ccccc1)N1CC(C(=O)Nc2ccccc2C(=O)NCCc2ccccc2)CC1=O. The van der Waals surface area contributed by atoms with Gasteiger partial charge in [0.25, 0.3) is 5.91 Å². The first-order valence-electron chi connectivity index (χ1n) is 11.6. The van der Waals surface area contributed by atoms with Gasteiger partial charge in [-0.3, -0.25) is 14.4 Å². The third kappa shape index (κ3) is 5.52. The summed E-state index contributed by atoms with van der Waals surface area (Å²) < 4.78 is 0. The molecule has 3 aromatic rings. The number of nitrogens with zero attached hydrogens (tertiary/aromatic N) is 1. The molecule has 0 spiro atoms. The van der Waals surface area contributed by atoms with E-state index in [1.807, 2.05) is 67.6 Å². The van der Waals surface area contributed by atoms with E-state index in [9.17, 15) is 14.4 Å². The molecule has 1 saturated heterocycles. The summed E-state index contributed by atoms with van der Waals surface area (Å²) in [5.41, 5.74) is 3.04. The Morgan fingerprint density at radius 3 is 2.32 bits per heavy atom. The number of para-hydroxylation sites is 1. The number of carbonyl (C=O) groups is 3. The normalized spacial score (nSPS) is 16.2. The van der Waals surface area contributed by atoms with Crippen LogP contribution in [-0.2, 0) is 16.0 Å². The van der Waals surface area contributed by atoms with Crippen molar-refractivity contribution in [2.45, 2.75) is 25.8 Å². The second-order valence-corrected chi connectivity index (χ2v) is 8.56. The van der Waals surface area contributed by atoms with Crippen molar-refractivity contribution < 1.29 is 14.4 Å². The zero-order valence-corrected chi connectivity index (χ0v) is 19.2. The number of nitrogens with one attached hydrogen (secondary N) is 2. The first-order chi connectivity index (χ1) is 16.5. The molecular formula is C28H29N3O3. The predicted molar refractivity (Wildman–Crippen MR) is 132 cm³/mol. The van der Waals surface area contributed by atoms with Gasteiger partial charge in [0.2, 0.25) is 11.8 Å². The Bertz CT molecular complexity index is 1150. The molecule has 1 heterocycles. The molecule has 6 heteroatoms. The van der Waals surface area contributed by atoms with Crippen LogP contribution in [0.1, 0.15) is 40.9 Å². The number of amides is 3. The standard InChI is InChI=1S/C28H29N3O3/c1-20(22-12-6-3-7-13-22)31-19-23(18-26(31)32)27(33)30-25-15-9-8-14-24(25)28(34)29-17-16-21-10-4-2-5-11-21/h2-15,20,23H,16-19H2,1H3,(H,29,34)(H,30,33). The molecular weight excluding hydrogens is 426 g/mol. The van der Waals surface area contributed by atoms with Crippen LogP contribution in [0, 0.1) is 5.92 Å². The molecule has 0 saturated carbocycles. The second kappa shape index (κ2) is 10.8. The van der Waals surface area contributed by atoms with Crippen LogP contribution in [0.25, 0.3) is 0 Å². The lowest BCUT2D eigenvalue weighted by Crippen LogP contribution is -2.31. The highest BCUT2D eigenvalue weighted by Crippen LogP contribution is 2.29. The van der Waals surface area contributed by atoms with Gasteiger partial charge < -0.3 is 15.5 Å². The maximum absolute atomic E-state index is 13.0. The molecule has 2 unspecified atom stereocenters. The number of rotatable bonds is 8. The molecule has 0 radical (unpaired) electrons. The fraction of sp³-hybridized carbons (Fsp3) is 0.250. The van der Waals surface area contributed by atoms with Crippen LogP contribution in [0.3, 0.4) is 0 Å². The lowest BCUT2D eigenvalue weighted by atomic mass is 10.1. The van der Waals surface area contributed by atoms with Crippen molar-refractivity contribution in [3.05, 3.63) is 102 Å². The molecule has 0 aliphatic carbocycles. The van der Waals surface area contributed by atoms with Crippen molar-refractivity contribution >= 4 is 23.4 Å². The van der Waals surface area contributed by atoms with Crippen LogP contribution in [0.15, 0.2) is 84.9 Å². The van der Waals surface area contributed by atoms with Gasteiger partial charge in [-0.15, -0.1) is 0 Å². The monoisotopic (exact) mass is 455 g/mol. The number of hydrogen-bond donors (Lipinski definition) is 2. The Labute approximate surface area is 200 Å². The van der Waals surface area contributed by atoms with E-state index >= 15 is 0 Å². The Hall–Kier alpha value is -3.93. The highest BCUT2D eigenvalue weighted by atomic mass is 16.2. The molecule has 0 bridgehead atoms. The summed E-state index contributed by atoms with van der Waals surface area (Å²) in [6.07, 6.45) is 0.884. The predicted octanol–water partition coefficient (Wildman–Crippen LogP) is 4.21. The lowest BCUT2D eigenvalue weighted by molar-refractivity contribution is -0.129. The zero-order valence-electron chi connectivity index (χ0n) is 19.2. The molecule has 2 N–H and O–H groups in total. The van der Waals surface area contributed by atoms with Crippen LogP contribution in [-0.4, -0.2) is 35.7 Å². The number of likely N-dealkylation sites (tertiary alicyclic amines) is 1. The van der Waals surface area contributed by atoms with Crippen LogP contribution in [0.2, 0.25) is 0 Å². The number of anilines is 1. The smallest absolute Gasteiger partial charge is 0.253 e. The Balaban J connectivity index is 1.37.